The number of furan rings is 1. The molecule has 0 saturated heterocycles. The first kappa shape index (κ1) is 14.1. The molecule has 5 heteroatoms. The fourth-order valence-corrected chi connectivity index (χ4v) is 2.75. The van der Waals surface area contributed by atoms with Crippen molar-refractivity contribution in [1.29, 1.82) is 0 Å². The molecule has 0 fully saturated rings. The molecule has 0 spiro atoms. The van der Waals surface area contributed by atoms with Crippen molar-refractivity contribution >= 4 is 39.3 Å². The summed E-state index contributed by atoms with van der Waals surface area (Å²) in [6.07, 6.45) is 0.465. The Morgan fingerprint density at radius 2 is 2.00 bits per heavy atom. The maximum absolute atomic E-state index is 11.1. The van der Waals surface area contributed by atoms with E-state index in [1.807, 2.05) is 31.2 Å². The molecule has 1 aromatic carbocycles. The lowest BCUT2D eigenvalue weighted by Crippen LogP contribution is -1.97. The van der Waals surface area contributed by atoms with Gasteiger partial charge in [-0.05, 0) is 36.7 Å². The zero-order valence-corrected chi connectivity index (χ0v) is 12.7. The summed E-state index contributed by atoms with van der Waals surface area (Å²) in [5.74, 6) is 0.760. The van der Waals surface area contributed by atoms with Crippen molar-refractivity contribution in [2.45, 2.75) is 13.3 Å². The maximum Gasteiger partial charge on any atom is 0.287 e. The minimum atomic E-state index is -0.610. The first-order valence-corrected chi connectivity index (χ1v) is 7.14. The van der Waals surface area contributed by atoms with Crippen LogP contribution in [0.25, 0.3) is 10.9 Å². The van der Waals surface area contributed by atoms with Gasteiger partial charge in [-0.1, -0.05) is 29.8 Å². The molecule has 106 valence electrons. The van der Waals surface area contributed by atoms with E-state index in [9.17, 15) is 4.79 Å². The smallest absolute Gasteiger partial charge is 0.287 e. The lowest BCUT2D eigenvalue weighted by atomic mass is 10.1. The second-order valence-corrected chi connectivity index (χ2v) is 5.44. The van der Waals surface area contributed by atoms with Crippen LogP contribution in [0.2, 0.25) is 5.02 Å². The van der Waals surface area contributed by atoms with Crippen molar-refractivity contribution in [3.8, 4) is 0 Å². The molecule has 0 N–H and O–H groups in total. The predicted molar refractivity (Wildman–Crippen MR) is 83.2 cm³/mol. The standard InChI is InChI=1S/C16H11Cl2NO2/c1-9-12(8-10-6-7-14(21-10)16(18)20)15(17)11-4-2-3-5-13(11)19-9/h2-7H,8H2,1H3. The van der Waals surface area contributed by atoms with Gasteiger partial charge in [-0.15, -0.1) is 0 Å². The topological polar surface area (TPSA) is 43.1 Å². The second kappa shape index (κ2) is 5.51. The van der Waals surface area contributed by atoms with Crippen molar-refractivity contribution in [2.75, 3.05) is 0 Å². The summed E-state index contributed by atoms with van der Waals surface area (Å²) in [6, 6.07) is 11.0. The second-order valence-electron chi connectivity index (χ2n) is 4.72. The number of hydrogen-bond donors (Lipinski definition) is 0. The lowest BCUT2D eigenvalue weighted by molar-refractivity contribution is 0.105. The first-order chi connectivity index (χ1) is 10.1. The third kappa shape index (κ3) is 2.67. The zero-order valence-electron chi connectivity index (χ0n) is 11.2. The van der Waals surface area contributed by atoms with Crippen molar-refractivity contribution in [3.05, 3.63) is 64.2 Å². The third-order valence-corrected chi connectivity index (χ3v) is 3.95. The Labute approximate surface area is 131 Å². The molecule has 3 rings (SSSR count). The highest BCUT2D eigenvalue weighted by Crippen LogP contribution is 2.30. The monoisotopic (exact) mass is 319 g/mol. The number of para-hydroxylation sites is 1. The number of aromatic nitrogens is 1. The highest BCUT2D eigenvalue weighted by molar-refractivity contribution is 6.67. The molecule has 0 amide bonds. The summed E-state index contributed by atoms with van der Waals surface area (Å²) in [5, 5.41) is 0.953. The maximum atomic E-state index is 11.1. The Kier molecular flexibility index (Phi) is 3.70. The molecule has 0 radical (unpaired) electrons. The van der Waals surface area contributed by atoms with Crippen LogP contribution in [-0.4, -0.2) is 10.2 Å². The van der Waals surface area contributed by atoms with Crippen LogP contribution in [0.5, 0.6) is 0 Å². The van der Waals surface area contributed by atoms with E-state index in [0.717, 1.165) is 22.2 Å². The van der Waals surface area contributed by atoms with E-state index in [0.29, 0.717) is 17.2 Å². The average molecular weight is 320 g/mol. The average Bonchev–Trinajstić information content (AvgIpc) is 2.92. The zero-order chi connectivity index (χ0) is 15.0. The van der Waals surface area contributed by atoms with Crippen molar-refractivity contribution in [2.24, 2.45) is 0 Å². The number of carbonyl (C=O) groups excluding carboxylic acids is 1. The summed E-state index contributed by atoms with van der Waals surface area (Å²) in [5.41, 5.74) is 2.59. The number of fused-ring (bicyclic) bond motifs is 1. The van der Waals surface area contributed by atoms with Gasteiger partial charge < -0.3 is 4.42 Å². The predicted octanol–water partition coefficient (Wildman–Crippen LogP) is 4.76. The van der Waals surface area contributed by atoms with Gasteiger partial charge >= 0.3 is 0 Å². The lowest BCUT2D eigenvalue weighted by Gasteiger charge is -2.09. The number of nitrogens with zero attached hydrogens (tertiary/aromatic N) is 1. The fraction of sp³-hybridized carbons (Fsp3) is 0.125. The summed E-state index contributed by atoms with van der Waals surface area (Å²) >= 11 is 11.9. The van der Waals surface area contributed by atoms with Gasteiger partial charge in [0.15, 0.2) is 5.76 Å². The first-order valence-electron chi connectivity index (χ1n) is 6.38. The number of halogens is 2. The van der Waals surface area contributed by atoms with E-state index >= 15 is 0 Å². The molecule has 0 aliphatic rings. The molecule has 2 heterocycles. The van der Waals surface area contributed by atoms with E-state index < -0.39 is 5.24 Å². The third-order valence-electron chi connectivity index (χ3n) is 3.34. The highest BCUT2D eigenvalue weighted by atomic mass is 35.5. The van der Waals surface area contributed by atoms with Gasteiger partial charge in [-0.25, -0.2) is 0 Å². The molecule has 0 aliphatic heterocycles. The number of carbonyl (C=O) groups is 1. The summed E-state index contributed by atoms with van der Waals surface area (Å²) in [4.78, 5) is 15.6. The van der Waals surface area contributed by atoms with Crippen LogP contribution in [0.15, 0.2) is 40.8 Å². The Morgan fingerprint density at radius 3 is 2.71 bits per heavy atom. The Balaban J connectivity index is 2.05. The van der Waals surface area contributed by atoms with Gasteiger partial charge in [0.05, 0.1) is 10.5 Å². The Bertz CT molecular complexity index is 839. The Hall–Kier alpha value is -1.84. The number of hydrogen-bond acceptors (Lipinski definition) is 3. The van der Waals surface area contributed by atoms with Crippen molar-refractivity contribution < 1.29 is 9.21 Å². The normalized spacial score (nSPS) is 11.0. The molecule has 3 aromatic rings. The molecule has 0 atom stereocenters. The molecular formula is C16H11Cl2NO2. The highest BCUT2D eigenvalue weighted by Gasteiger charge is 2.14. The fourth-order valence-electron chi connectivity index (χ4n) is 2.28. The summed E-state index contributed by atoms with van der Waals surface area (Å²) in [7, 11) is 0. The number of aryl methyl sites for hydroxylation is 1. The molecule has 0 saturated carbocycles. The summed E-state index contributed by atoms with van der Waals surface area (Å²) < 4.78 is 5.40. The van der Waals surface area contributed by atoms with Gasteiger partial charge in [0.1, 0.15) is 5.76 Å². The van der Waals surface area contributed by atoms with Crippen LogP contribution in [0, 0.1) is 6.92 Å². The molecule has 0 aliphatic carbocycles. The SMILES string of the molecule is Cc1nc2ccccc2c(Cl)c1Cc1ccc(C(=O)Cl)o1. The molecule has 0 bridgehead atoms. The number of pyridine rings is 1. The van der Waals surface area contributed by atoms with Crippen molar-refractivity contribution in [1.82, 2.24) is 4.98 Å². The molecule has 0 unspecified atom stereocenters. The molecular weight excluding hydrogens is 309 g/mol. The minimum absolute atomic E-state index is 0.134. The van der Waals surface area contributed by atoms with Gasteiger partial charge in [0.25, 0.3) is 5.24 Å². The van der Waals surface area contributed by atoms with Gasteiger partial charge in [-0.3, -0.25) is 9.78 Å². The quantitative estimate of drug-likeness (QED) is 0.654. The van der Waals surface area contributed by atoms with Gasteiger partial charge in [0, 0.05) is 23.1 Å². The van der Waals surface area contributed by atoms with E-state index in [1.54, 1.807) is 12.1 Å². The van der Waals surface area contributed by atoms with E-state index in [2.05, 4.69) is 4.98 Å². The van der Waals surface area contributed by atoms with Crippen LogP contribution in [0.1, 0.15) is 27.6 Å². The van der Waals surface area contributed by atoms with E-state index in [1.165, 1.54) is 0 Å². The van der Waals surface area contributed by atoms with Crippen LogP contribution in [0.4, 0.5) is 0 Å². The largest absolute Gasteiger partial charge is 0.456 e. The number of benzene rings is 1. The van der Waals surface area contributed by atoms with Crippen LogP contribution in [-0.2, 0) is 6.42 Å². The molecule has 3 nitrogen and oxygen atoms in total. The minimum Gasteiger partial charge on any atom is -0.456 e. The summed E-state index contributed by atoms with van der Waals surface area (Å²) in [6.45, 7) is 1.91. The molecule has 21 heavy (non-hydrogen) atoms. The van der Waals surface area contributed by atoms with Gasteiger partial charge in [-0.2, -0.15) is 0 Å². The van der Waals surface area contributed by atoms with Crippen LogP contribution >= 0.6 is 23.2 Å². The van der Waals surface area contributed by atoms with Crippen LogP contribution < -0.4 is 0 Å². The van der Waals surface area contributed by atoms with E-state index in [4.69, 9.17) is 27.6 Å². The van der Waals surface area contributed by atoms with E-state index in [-0.39, 0.29) is 5.76 Å². The van der Waals surface area contributed by atoms with Gasteiger partial charge in [0.2, 0.25) is 0 Å². The molecule has 2 aromatic heterocycles. The Morgan fingerprint density at radius 1 is 1.24 bits per heavy atom. The number of rotatable bonds is 3. The van der Waals surface area contributed by atoms with Crippen LogP contribution in [0.3, 0.4) is 0 Å². The van der Waals surface area contributed by atoms with Crippen molar-refractivity contribution in [3.63, 3.8) is 0 Å².